The highest BCUT2D eigenvalue weighted by molar-refractivity contribution is 8.23. The second-order valence-corrected chi connectivity index (χ2v) is 7.68. The Hall–Kier alpha value is -1.11. The molecular formula is C16H21N3OS2. The summed E-state index contributed by atoms with van der Waals surface area (Å²) < 4.78 is 0.860. The van der Waals surface area contributed by atoms with Crippen molar-refractivity contribution in [3.05, 3.63) is 29.8 Å². The van der Waals surface area contributed by atoms with Crippen molar-refractivity contribution in [2.45, 2.75) is 18.1 Å². The number of piperazine rings is 1. The van der Waals surface area contributed by atoms with Gasteiger partial charge in [-0.1, -0.05) is 42.2 Å². The van der Waals surface area contributed by atoms with Gasteiger partial charge in [0.1, 0.15) is 4.32 Å². The molecule has 3 rings (SSSR count). The lowest BCUT2D eigenvalue weighted by Crippen LogP contribution is -2.46. The quantitative estimate of drug-likeness (QED) is 0.796. The van der Waals surface area contributed by atoms with Gasteiger partial charge in [0.15, 0.2) is 0 Å². The van der Waals surface area contributed by atoms with Crippen molar-refractivity contribution in [3.8, 4) is 0 Å². The van der Waals surface area contributed by atoms with Crippen LogP contribution >= 0.6 is 24.0 Å². The maximum absolute atomic E-state index is 12.4. The van der Waals surface area contributed by atoms with E-state index in [2.05, 4.69) is 28.2 Å². The van der Waals surface area contributed by atoms with E-state index in [1.54, 1.807) is 11.8 Å². The molecule has 22 heavy (non-hydrogen) atoms. The number of nitrogens with zero attached hydrogens (tertiary/aromatic N) is 2. The number of likely N-dealkylation sites (N-methyl/N-ethyl adjacent to an activating group) is 1. The van der Waals surface area contributed by atoms with Crippen LogP contribution < -0.4 is 5.32 Å². The Labute approximate surface area is 141 Å². The van der Waals surface area contributed by atoms with Crippen LogP contribution in [0.1, 0.15) is 12.0 Å². The predicted octanol–water partition coefficient (Wildman–Crippen LogP) is 2.21. The fraction of sp³-hybridized carbons (Fsp3) is 0.500. The molecule has 6 heteroatoms. The molecule has 1 amide bonds. The van der Waals surface area contributed by atoms with E-state index in [0.717, 1.165) is 49.0 Å². The Balaban J connectivity index is 1.61. The lowest BCUT2D eigenvalue weighted by molar-refractivity contribution is -0.115. The minimum absolute atomic E-state index is 0.0754. The van der Waals surface area contributed by atoms with E-state index in [9.17, 15) is 4.79 Å². The van der Waals surface area contributed by atoms with Crippen molar-refractivity contribution >= 4 is 39.9 Å². The van der Waals surface area contributed by atoms with Crippen molar-refractivity contribution in [1.29, 1.82) is 0 Å². The Kier molecular flexibility index (Phi) is 5.00. The van der Waals surface area contributed by atoms with E-state index in [0.29, 0.717) is 0 Å². The molecule has 0 spiro atoms. The van der Waals surface area contributed by atoms with Crippen molar-refractivity contribution in [2.24, 2.45) is 0 Å². The standard InChI is InChI=1S/C16H21N3OS2/c1-18-8-10-19(11-9-18)16(21)22-14-7-6-12-4-2-3-5-13(12)17-15(14)20/h2-5,14H,6-11H2,1H3,(H,17,20)/t14-/m0/s1. The highest BCUT2D eigenvalue weighted by Gasteiger charge is 2.27. The Morgan fingerprint density at radius 3 is 2.77 bits per heavy atom. The van der Waals surface area contributed by atoms with E-state index in [-0.39, 0.29) is 11.2 Å². The summed E-state index contributed by atoms with van der Waals surface area (Å²) in [5.41, 5.74) is 2.16. The van der Waals surface area contributed by atoms with Gasteiger partial charge in [-0.25, -0.2) is 0 Å². The number of benzene rings is 1. The number of rotatable bonds is 1. The Morgan fingerprint density at radius 2 is 2.00 bits per heavy atom. The minimum Gasteiger partial charge on any atom is -0.355 e. The zero-order valence-corrected chi connectivity index (χ0v) is 14.4. The minimum atomic E-state index is -0.0976. The van der Waals surface area contributed by atoms with Crippen LogP contribution in [0.5, 0.6) is 0 Å². The van der Waals surface area contributed by atoms with Gasteiger partial charge in [-0.15, -0.1) is 0 Å². The molecule has 2 heterocycles. The van der Waals surface area contributed by atoms with Gasteiger partial charge < -0.3 is 15.1 Å². The number of fused-ring (bicyclic) bond motifs is 1. The SMILES string of the molecule is CN1CCN(C(=S)S[C@H]2CCc3ccccc3NC2=O)CC1. The Bertz CT molecular complexity index is 570. The summed E-state index contributed by atoms with van der Waals surface area (Å²) in [6.07, 6.45) is 1.75. The van der Waals surface area contributed by atoms with Crippen LogP contribution in [0.3, 0.4) is 0 Å². The predicted molar refractivity (Wildman–Crippen MR) is 96.4 cm³/mol. The fourth-order valence-electron chi connectivity index (χ4n) is 2.79. The fourth-order valence-corrected chi connectivity index (χ4v) is 4.30. The van der Waals surface area contributed by atoms with Crippen LogP contribution in [0.25, 0.3) is 0 Å². The molecule has 2 aliphatic heterocycles. The largest absolute Gasteiger partial charge is 0.355 e. The summed E-state index contributed by atoms with van der Waals surface area (Å²) in [6.45, 7) is 3.97. The molecule has 118 valence electrons. The average Bonchev–Trinajstić information content (AvgIpc) is 2.67. The molecule has 1 fully saturated rings. The molecule has 1 aromatic rings. The number of para-hydroxylation sites is 1. The second kappa shape index (κ2) is 6.98. The van der Waals surface area contributed by atoms with Crippen molar-refractivity contribution in [3.63, 3.8) is 0 Å². The molecule has 0 radical (unpaired) electrons. The summed E-state index contributed by atoms with van der Waals surface area (Å²) in [4.78, 5) is 17.0. The smallest absolute Gasteiger partial charge is 0.237 e. The number of anilines is 1. The first-order valence-corrected chi connectivity index (χ1v) is 8.95. The molecule has 0 aromatic heterocycles. The summed E-state index contributed by atoms with van der Waals surface area (Å²) in [5.74, 6) is 0.0754. The van der Waals surface area contributed by atoms with Gasteiger partial charge in [0, 0.05) is 31.9 Å². The first kappa shape index (κ1) is 15.8. The lowest BCUT2D eigenvalue weighted by Gasteiger charge is -2.34. The zero-order valence-electron chi connectivity index (χ0n) is 12.7. The highest BCUT2D eigenvalue weighted by Crippen LogP contribution is 2.28. The van der Waals surface area contributed by atoms with Gasteiger partial charge in [0.25, 0.3) is 0 Å². The molecule has 2 aliphatic rings. The van der Waals surface area contributed by atoms with Gasteiger partial charge >= 0.3 is 0 Å². The van der Waals surface area contributed by atoms with Crippen LogP contribution in [-0.4, -0.2) is 58.5 Å². The van der Waals surface area contributed by atoms with Crippen molar-refractivity contribution in [1.82, 2.24) is 9.80 Å². The molecular weight excluding hydrogens is 314 g/mol. The van der Waals surface area contributed by atoms with Crippen molar-refractivity contribution < 1.29 is 4.79 Å². The topological polar surface area (TPSA) is 35.6 Å². The first-order valence-electron chi connectivity index (χ1n) is 7.66. The van der Waals surface area contributed by atoms with Crippen LogP contribution in [0.4, 0.5) is 5.69 Å². The van der Waals surface area contributed by atoms with Crippen LogP contribution in [-0.2, 0) is 11.2 Å². The number of hydrogen-bond acceptors (Lipinski definition) is 4. The molecule has 1 N–H and O–H groups in total. The van der Waals surface area contributed by atoms with Gasteiger partial charge in [0.2, 0.25) is 5.91 Å². The molecule has 1 atom stereocenters. The highest BCUT2D eigenvalue weighted by atomic mass is 32.2. The monoisotopic (exact) mass is 335 g/mol. The van der Waals surface area contributed by atoms with E-state index < -0.39 is 0 Å². The van der Waals surface area contributed by atoms with Gasteiger partial charge in [-0.2, -0.15) is 0 Å². The van der Waals surface area contributed by atoms with Gasteiger partial charge in [0.05, 0.1) is 5.25 Å². The number of amides is 1. The third-order valence-corrected chi connectivity index (χ3v) is 5.99. The number of hydrogen-bond donors (Lipinski definition) is 1. The van der Waals surface area contributed by atoms with E-state index in [4.69, 9.17) is 12.2 Å². The number of thioether (sulfide) groups is 1. The maximum Gasteiger partial charge on any atom is 0.237 e. The van der Waals surface area contributed by atoms with Crippen LogP contribution in [0.15, 0.2) is 24.3 Å². The molecule has 0 unspecified atom stereocenters. The van der Waals surface area contributed by atoms with E-state index in [1.165, 1.54) is 5.56 Å². The Morgan fingerprint density at radius 1 is 1.27 bits per heavy atom. The zero-order chi connectivity index (χ0) is 15.5. The van der Waals surface area contributed by atoms with Gasteiger partial charge in [-0.05, 0) is 31.5 Å². The molecule has 0 aliphatic carbocycles. The van der Waals surface area contributed by atoms with Gasteiger partial charge in [-0.3, -0.25) is 4.79 Å². The molecule has 0 saturated carbocycles. The average molecular weight is 335 g/mol. The first-order chi connectivity index (χ1) is 10.6. The number of carbonyl (C=O) groups excluding carboxylic acids is 1. The summed E-state index contributed by atoms with van der Waals surface area (Å²) >= 11 is 7.11. The third kappa shape index (κ3) is 3.62. The maximum atomic E-state index is 12.4. The lowest BCUT2D eigenvalue weighted by atomic mass is 10.1. The molecule has 1 saturated heterocycles. The third-order valence-electron chi connectivity index (χ3n) is 4.25. The van der Waals surface area contributed by atoms with Crippen molar-refractivity contribution in [2.75, 3.05) is 38.5 Å². The number of carbonyl (C=O) groups is 1. The summed E-state index contributed by atoms with van der Waals surface area (Å²) in [6, 6.07) is 8.04. The molecule has 0 bridgehead atoms. The number of thiocarbonyl (C=S) groups is 1. The second-order valence-electron chi connectivity index (χ2n) is 5.85. The van der Waals surface area contributed by atoms with Crippen LogP contribution in [0, 0.1) is 0 Å². The molecule has 1 aromatic carbocycles. The number of nitrogens with one attached hydrogen (secondary N) is 1. The molecule has 4 nitrogen and oxygen atoms in total. The summed E-state index contributed by atoms with van der Waals surface area (Å²) in [7, 11) is 2.13. The normalized spacial score (nSPS) is 22.7. The van der Waals surface area contributed by atoms with Crippen LogP contribution in [0.2, 0.25) is 0 Å². The number of aryl methyl sites for hydroxylation is 1. The van der Waals surface area contributed by atoms with E-state index in [1.807, 2.05) is 18.2 Å². The van der Waals surface area contributed by atoms with E-state index >= 15 is 0 Å². The summed E-state index contributed by atoms with van der Waals surface area (Å²) in [5, 5.41) is 2.94.